The van der Waals surface area contributed by atoms with Crippen molar-refractivity contribution in [2.24, 2.45) is 0 Å². The van der Waals surface area contributed by atoms with Crippen LogP contribution < -0.4 is 4.72 Å². The molecule has 0 radical (unpaired) electrons. The standard InChI is InChI=1S/C20H26N2O4S2/c1-3-17-9-7-8-16(2)20(17)21-27(23,24)18-10-12-19(13-11-18)28(25,26)22-14-5-4-6-15-22/h7-13,21H,3-6,14-15H2,1-2H3. The summed E-state index contributed by atoms with van der Waals surface area (Å²) >= 11 is 0. The molecule has 1 fully saturated rings. The first-order chi connectivity index (χ1) is 13.3. The Morgan fingerprint density at radius 3 is 2.11 bits per heavy atom. The van der Waals surface area contributed by atoms with Crippen molar-refractivity contribution in [3.8, 4) is 0 Å². The van der Waals surface area contributed by atoms with E-state index in [0.717, 1.165) is 30.4 Å². The van der Waals surface area contributed by atoms with E-state index in [2.05, 4.69) is 4.72 Å². The molecule has 6 nitrogen and oxygen atoms in total. The van der Waals surface area contributed by atoms with Gasteiger partial charge in [0.05, 0.1) is 15.5 Å². The summed E-state index contributed by atoms with van der Waals surface area (Å²) in [5.41, 5.74) is 2.33. The van der Waals surface area contributed by atoms with Gasteiger partial charge in [0.1, 0.15) is 0 Å². The van der Waals surface area contributed by atoms with Gasteiger partial charge in [-0.15, -0.1) is 0 Å². The van der Waals surface area contributed by atoms with E-state index in [4.69, 9.17) is 0 Å². The summed E-state index contributed by atoms with van der Waals surface area (Å²) in [6.45, 7) is 4.84. The molecule has 1 aliphatic rings. The van der Waals surface area contributed by atoms with E-state index in [0.29, 0.717) is 25.2 Å². The van der Waals surface area contributed by atoms with Gasteiger partial charge >= 0.3 is 0 Å². The highest BCUT2D eigenvalue weighted by atomic mass is 32.2. The van der Waals surface area contributed by atoms with E-state index in [1.807, 2.05) is 32.0 Å². The Hall–Kier alpha value is -1.90. The van der Waals surface area contributed by atoms with E-state index in [1.54, 1.807) is 0 Å². The Morgan fingerprint density at radius 2 is 1.50 bits per heavy atom. The maximum atomic E-state index is 12.8. The third-order valence-electron chi connectivity index (χ3n) is 5.06. The van der Waals surface area contributed by atoms with Crippen LogP contribution in [0.1, 0.15) is 37.3 Å². The summed E-state index contributed by atoms with van der Waals surface area (Å²) in [5, 5.41) is 0. The molecule has 8 heteroatoms. The molecule has 1 aliphatic heterocycles. The lowest BCUT2D eigenvalue weighted by molar-refractivity contribution is 0.346. The fraction of sp³-hybridized carbons (Fsp3) is 0.400. The predicted octanol–water partition coefficient (Wildman–Crippen LogP) is 3.53. The van der Waals surface area contributed by atoms with E-state index in [1.165, 1.54) is 28.6 Å². The molecular weight excluding hydrogens is 396 g/mol. The summed E-state index contributed by atoms with van der Waals surface area (Å²) < 4.78 is 55.2. The number of benzene rings is 2. The fourth-order valence-electron chi connectivity index (χ4n) is 3.41. The summed E-state index contributed by atoms with van der Waals surface area (Å²) in [5.74, 6) is 0. The molecule has 1 heterocycles. The number of para-hydroxylation sites is 1. The molecule has 2 aromatic rings. The van der Waals surface area contributed by atoms with Crippen LogP contribution in [0.5, 0.6) is 0 Å². The van der Waals surface area contributed by atoms with Crippen LogP contribution in [-0.2, 0) is 26.5 Å². The number of nitrogens with one attached hydrogen (secondary N) is 1. The van der Waals surface area contributed by atoms with Gasteiger partial charge in [0.2, 0.25) is 10.0 Å². The van der Waals surface area contributed by atoms with Crippen LogP contribution in [0.2, 0.25) is 0 Å². The number of hydrogen-bond donors (Lipinski definition) is 1. The molecule has 0 aliphatic carbocycles. The zero-order chi connectivity index (χ0) is 20.4. The average Bonchev–Trinajstić information content (AvgIpc) is 2.70. The molecule has 0 aromatic heterocycles. The van der Waals surface area contributed by atoms with E-state index in [-0.39, 0.29) is 9.79 Å². The van der Waals surface area contributed by atoms with Crippen LogP contribution in [0.25, 0.3) is 0 Å². The van der Waals surface area contributed by atoms with E-state index >= 15 is 0 Å². The smallest absolute Gasteiger partial charge is 0.261 e. The zero-order valence-corrected chi connectivity index (χ0v) is 17.8. The molecule has 0 spiro atoms. The maximum absolute atomic E-state index is 12.8. The largest absolute Gasteiger partial charge is 0.279 e. The van der Waals surface area contributed by atoms with Crippen LogP contribution in [0, 0.1) is 6.92 Å². The minimum Gasteiger partial charge on any atom is -0.279 e. The average molecular weight is 423 g/mol. The molecule has 0 bridgehead atoms. The number of anilines is 1. The number of piperidine rings is 1. The van der Waals surface area contributed by atoms with Gasteiger partial charge in [0.25, 0.3) is 10.0 Å². The second kappa shape index (κ2) is 8.23. The summed E-state index contributed by atoms with van der Waals surface area (Å²) in [4.78, 5) is 0.161. The van der Waals surface area contributed by atoms with Gasteiger partial charge in [-0.05, 0) is 61.6 Å². The highest BCUT2D eigenvalue weighted by molar-refractivity contribution is 7.92. The van der Waals surface area contributed by atoms with Gasteiger partial charge in [-0.3, -0.25) is 4.72 Å². The monoisotopic (exact) mass is 422 g/mol. The summed E-state index contributed by atoms with van der Waals surface area (Å²) in [6, 6.07) is 11.1. The quantitative estimate of drug-likeness (QED) is 0.772. The van der Waals surface area contributed by atoms with E-state index < -0.39 is 20.0 Å². The van der Waals surface area contributed by atoms with Crippen molar-refractivity contribution in [1.29, 1.82) is 0 Å². The molecule has 0 amide bonds. The minimum atomic E-state index is -3.81. The first kappa shape index (κ1) is 20.8. The molecule has 0 saturated carbocycles. The topological polar surface area (TPSA) is 83.5 Å². The molecule has 0 atom stereocenters. The third-order valence-corrected chi connectivity index (χ3v) is 8.34. The van der Waals surface area contributed by atoms with Gasteiger partial charge < -0.3 is 0 Å². The van der Waals surface area contributed by atoms with Gasteiger partial charge in [0, 0.05) is 13.1 Å². The second-order valence-electron chi connectivity index (χ2n) is 7.00. The van der Waals surface area contributed by atoms with Crippen LogP contribution in [0.4, 0.5) is 5.69 Å². The number of nitrogens with zero attached hydrogens (tertiary/aromatic N) is 1. The Bertz CT molecular complexity index is 1040. The lowest BCUT2D eigenvalue weighted by Crippen LogP contribution is -2.35. The van der Waals surface area contributed by atoms with E-state index in [9.17, 15) is 16.8 Å². The zero-order valence-electron chi connectivity index (χ0n) is 16.2. The van der Waals surface area contributed by atoms with Crippen molar-refractivity contribution in [3.05, 3.63) is 53.6 Å². The number of hydrogen-bond acceptors (Lipinski definition) is 4. The number of sulfonamides is 2. The van der Waals surface area contributed by atoms with Crippen molar-refractivity contribution < 1.29 is 16.8 Å². The van der Waals surface area contributed by atoms with Crippen LogP contribution in [-0.4, -0.2) is 34.2 Å². The van der Waals surface area contributed by atoms with Gasteiger partial charge in [-0.2, -0.15) is 4.31 Å². The first-order valence-corrected chi connectivity index (χ1v) is 12.4. The van der Waals surface area contributed by atoms with Crippen molar-refractivity contribution >= 4 is 25.7 Å². The van der Waals surface area contributed by atoms with Crippen molar-refractivity contribution in [2.45, 2.75) is 49.3 Å². The molecule has 0 unspecified atom stereocenters. The number of rotatable bonds is 6. The molecule has 1 saturated heterocycles. The highest BCUT2D eigenvalue weighted by Gasteiger charge is 2.26. The van der Waals surface area contributed by atoms with Gasteiger partial charge in [-0.1, -0.05) is 31.5 Å². The SMILES string of the molecule is CCc1cccc(C)c1NS(=O)(=O)c1ccc(S(=O)(=O)N2CCCCC2)cc1. The molecule has 2 aromatic carbocycles. The van der Waals surface area contributed by atoms with Crippen molar-refractivity contribution in [1.82, 2.24) is 4.31 Å². The summed E-state index contributed by atoms with van der Waals surface area (Å²) in [7, 11) is -7.40. The molecule has 1 N–H and O–H groups in total. The second-order valence-corrected chi connectivity index (χ2v) is 10.6. The third kappa shape index (κ3) is 4.24. The van der Waals surface area contributed by atoms with Crippen molar-refractivity contribution in [2.75, 3.05) is 17.8 Å². The predicted molar refractivity (Wildman–Crippen MR) is 110 cm³/mol. The Balaban J connectivity index is 1.87. The minimum absolute atomic E-state index is 0.0374. The van der Waals surface area contributed by atoms with Gasteiger partial charge in [-0.25, -0.2) is 16.8 Å². The lowest BCUT2D eigenvalue weighted by Gasteiger charge is -2.25. The highest BCUT2D eigenvalue weighted by Crippen LogP contribution is 2.26. The van der Waals surface area contributed by atoms with Gasteiger partial charge in [0.15, 0.2) is 0 Å². The molecule has 28 heavy (non-hydrogen) atoms. The Morgan fingerprint density at radius 1 is 0.893 bits per heavy atom. The molecular formula is C20H26N2O4S2. The fourth-order valence-corrected chi connectivity index (χ4v) is 6.10. The van der Waals surface area contributed by atoms with Crippen LogP contribution >= 0.6 is 0 Å². The van der Waals surface area contributed by atoms with Crippen LogP contribution in [0.15, 0.2) is 52.3 Å². The molecule has 3 rings (SSSR count). The van der Waals surface area contributed by atoms with Crippen LogP contribution in [0.3, 0.4) is 0 Å². The first-order valence-electron chi connectivity index (χ1n) is 9.47. The summed E-state index contributed by atoms with van der Waals surface area (Å²) in [6.07, 6.45) is 3.44. The maximum Gasteiger partial charge on any atom is 0.261 e. The lowest BCUT2D eigenvalue weighted by atomic mass is 10.1. The molecule has 152 valence electrons. The number of aryl methyl sites for hydroxylation is 2. The normalized spacial score (nSPS) is 16.1. The Kier molecular flexibility index (Phi) is 6.12. The Labute approximate surface area is 167 Å². The van der Waals surface area contributed by atoms with Crippen molar-refractivity contribution in [3.63, 3.8) is 0 Å².